The van der Waals surface area contributed by atoms with Crippen LogP contribution in [0, 0.1) is 0 Å². The molecule has 0 saturated carbocycles. The maximum absolute atomic E-state index is 12.3. The van der Waals surface area contributed by atoms with E-state index in [4.69, 9.17) is 0 Å². The van der Waals surface area contributed by atoms with E-state index in [0.29, 0.717) is 16.4 Å². The Balaban J connectivity index is 1.56. The predicted octanol–water partition coefficient (Wildman–Crippen LogP) is 3.40. The first-order chi connectivity index (χ1) is 11.2. The molecule has 0 aromatic carbocycles. The second kappa shape index (κ2) is 7.70. The number of likely N-dealkylation sites (tertiary alicyclic amines) is 1. The zero-order valence-electron chi connectivity index (χ0n) is 12.8. The molecule has 0 atom stereocenters. The van der Waals surface area contributed by atoms with Crippen molar-refractivity contribution in [3.05, 3.63) is 33.5 Å². The molecule has 0 radical (unpaired) electrons. The summed E-state index contributed by atoms with van der Waals surface area (Å²) in [5, 5.41) is 7.04. The van der Waals surface area contributed by atoms with E-state index in [1.807, 2.05) is 21.7 Å². The van der Waals surface area contributed by atoms with Crippen LogP contribution in [0.2, 0.25) is 0 Å². The van der Waals surface area contributed by atoms with Crippen molar-refractivity contribution in [3.63, 3.8) is 0 Å². The lowest BCUT2D eigenvalue weighted by Crippen LogP contribution is -2.33. The number of thiazole rings is 1. The van der Waals surface area contributed by atoms with Gasteiger partial charge in [-0.25, -0.2) is 4.98 Å². The van der Waals surface area contributed by atoms with Crippen LogP contribution in [0.3, 0.4) is 0 Å². The first kappa shape index (κ1) is 16.1. The molecule has 3 rings (SSSR count). The van der Waals surface area contributed by atoms with Gasteiger partial charge in [-0.05, 0) is 24.3 Å². The minimum absolute atomic E-state index is 0.133. The van der Waals surface area contributed by atoms with E-state index in [0.717, 1.165) is 31.6 Å². The van der Waals surface area contributed by atoms with Gasteiger partial charge in [-0.2, -0.15) is 0 Å². The number of carbonyl (C=O) groups is 2. The molecule has 0 bridgehead atoms. The second-order valence-electron chi connectivity index (χ2n) is 5.55. The number of nitrogens with zero attached hydrogens (tertiary/aromatic N) is 2. The summed E-state index contributed by atoms with van der Waals surface area (Å²) in [5.74, 6) is -0.0203. The average Bonchev–Trinajstić information content (AvgIpc) is 3.14. The van der Waals surface area contributed by atoms with Gasteiger partial charge in [0.05, 0.1) is 17.0 Å². The Morgan fingerprint density at radius 1 is 1.17 bits per heavy atom. The van der Waals surface area contributed by atoms with Crippen molar-refractivity contribution < 1.29 is 9.59 Å². The Morgan fingerprint density at radius 3 is 2.65 bits per heavy atom. The predicted molar refractivity (Wildman–Crippen MR) is 93.1 cm³/mol. The average molecular weight is 349 g/mol. The van der Waals surface area contributed by atoms with Gasteiger partial charge in [-0.1, -0.05) is 18.9 Å². The molecule has 2 aromatic heterocycles. The molecule has 7 heteroatoms. The molecule has 122 valence electrons. The highest BCUT2D eigenvalue weighted by Gasteiger charge is 2.17. The van der Waals surface area contributed by atoms with Gasteiger partial charge in [0.1, 0.15) is 0 Å². The van der Waals surface area contributed by atoms with E-state index in [1.165, 1.54) is 35.5 Å². The van der Waals surface area contributed by atoms with E-state index in [2.05, 4.69) is 10.3 Å². The third-order valence-corrected chi connectivity index (χ3v) is 5.48. The third-order valence-electron chi connectivity index (χ3n) is 3.81. The van der Waals surface area contributed by atoms with E-state index in [9.17, 15) is 9.59 Å². The molecule has 2 aromatic rings. The number of thiophene rings is 1. The number of amides is 2. The Morgan fingerprint density at radius 2 is 1.96 bits per heavy atom. The molecule has 1 N–H and O–H groups in total. The fraction of sp³-hybridized carbons (Fsp3) is 0.438. The van der Waals surface area contributed by atoms with E-state index < -0.39 is 0 Å². The first-order valence-corrected chi connectivity index (χ1v) is 9.55. The Kier molecular flexibility index (Phi) is 5.40. The van der Waals surface area contributed by atoms with Gasteiger partial charge in [0, 0.05) is 18.5 Å². The van der Waals surface area contributed by atoms with Crippen molar-refractivity contribution in [2.75, 3.05) is 18.4 Å². The van der Waals surface area contributed by atoms with Crippen LogP contribution in [0.1, 0.15) is 41.0 Å². The van der Waals surface area contributed by atoms with E-state index in [1.54, 1.807) is 6.07 Å². The summed E-state index contributed by atoms with van der Waals surface area (Å²) in [4.78, 5) is 31.3. The fourth-order valence-corrected chi connectivity index (χ4v) is 3.92. The molecule has 0 spiro atoms. The zero-order valence-corrected chi connectivity index (χ0v) is 14.4. The van der Waals surface area contributed by atoms with E-state index >= 15 is 0 Å². The van der Waals surface area contributed by atoms with Crippen molar-refractivity contribution in [2.24, 2.45) is 0 Å². The van der Waals surface area contributed by atoms with Gasteiger partial charge in [0.25, 0.3) is 5.91 Å². The SMILES string of the molecule is O=C(Nc1nc(CC(=O)N2CCCCCC2)cs1)c1cccs1. The minimum atomic E-state index is -0.153. The minimum Gasteiger partial charge on any atom is -0.342 e. The van der Waals surface area contributed by atoms with Crippen LogP contribution in [-0.4, -0.2) is 34.8 Å². The maximum atomic E-state index is 12.3. The van der Waals surface area contributed by atoms with Crippen molar-refractivity contribution >= 4 is 39.6 Å². The number of anilines is 1. The summed E-state index contributed by atoms with van der Waals surface area (Å²) >= 11 is 2.75. The molecule has 3 heterocycles. The lowest BCUT2D eigenvalue weighted by molar-refractivity contribution is -0.130. The molecule has 1 fully saturated rings. The Bertz CT molecular complexity index is 659. The summed E-state index contributed by atoms with van der Waals surface area (Å²) in [6, 6.07) is 3.62. The standard InChI is InChI=1S/C16H19N3O2S2/c20-14(19-7-3-1-2-4-8-19)10-12-11-23-16(17-12)18-15(21)13-6-5-9-22-13/h5-6,9,11H,1-4,7-8,10H2,(H,17,18,21). The highest BCUT2D eigenvalue weighted by atomic mass is 32.1. The first-order valence-electron chi connectivity index (χ1n) is 7.79. The largest absolute Gasteiger partial charge is 0.342 e. The van der Waals surface area contributed by atoms with Gasteiger partial charge in [0.15, 0.2) is 5.13 Å². The molecule has 2 amide bonds. The lowest BCUT2D eigenvalue weighted by Gasteiger charge is -2.19. The fourth-order valence-electron chi connectivity index (χ4n) is 2.60. The molecule has 5 nitrogen and oxygen atoms in total. The van der Waals surface area contributed by atoms with Crippen LogP contribution in [0.4, 0.5) is 5.13 Å². The molecule has 1 saturated heterocycles. The van der Waals surface area contributed by atoms with Crippen molar-refractivity contribution in [3.8, 4) is 0 Å². The van der Waals surface area contributed by atoms with Crippen LogP contribution in [0.5, 0.6) is 0 Å². The van der Waals surface area contributed by atoms with Crippen LogP contribution < -0.4 is 5.32 Å². The summed E-state index contributed by atoms with van der Waals surface area (Å²) in [5.41, 5.74) is 0.728. The number of rotatable bonds is 4. The van der Waals surface area contributed by atoms with Gasteiger partial charge >= 0.3 is 0 Å². The maximum Gasteiger partial charge on any atom is 0.267 e. The quantitative estimate of drug-likeness (QED) is 0.920. The normalized spacial score (nSPS) is 15.2. The van der Waals surface area contributed by atoms with Gasteiger partial charge in [-0.3, -0.25) is 14.9 Å². The van der Waals surface area contributed by atoms with Crippen LogP contribution >= 0.6 is 22.7 Å². The number of hydrogen-bond acceptors (Lipinski definition) is 5. The molecular formula is C16H19N3O2S2. The van der Waals surface area contributed by atoms with Gasteiger partial charge in [-0.15, -0.1) is 22.7 Å². The van der Waals surface area contributed by atoms with Gasteiger partial charge < -0.3 is 4.90 Å². The van der Waals surface area contributed by atoms with Crippen molar-refractivity contribution in [1.82, 2.24) is 9.88 Å². The Labute approximate surface area is 143 Å². The second-order valence-corrected chi connectivity index (χ2v) is 7.35. The lowest BCUT2D eigenvalue weighted by atomic mass is 10.2. The highest BCUT2D eigenvalue weighted by molar-refractivity contribution is 7.14. The third kappa shape index (κ3) is 4.39. The van der Waals surface area contributed by atoms with E-state index in [-0.39, 0.29) is 11.8 Å². The monoisotopic (exact) mass is 349 g/mol. The molecule has 0 unspecified atom stereocenters. The molecule has 1 aliphatic rings. The van der Waals surface area contributed by atoms with Crippen LogP contribution in [0.15, 0.2) is 22.9 Å². The molecule has 23 heavy (non-hydrogen) atoms. The van der Waals surface area contributed by atoms with Crippen molar-refractivity contribution in [1.29, 1.82) is 0 Å². The summed E-state index contributed by atoms with van der Waals surface area (Å²) in [7, 11) is 0. The molecule has 1 aliphatic heterocycles. The number of aromatic nitrogens is 1. The van der Waals surface area contributed by atoms with Gasteiger partial charge in [0.2, 0.25) is 5.91 Å². The zero-order chi connectivity index (χ0) is 16.1. The number of nitrogens with one attached hydrogen (secondary N) is 1. The topological polar surface area (TPSA) is 62.3 Å². The molecular weight excluding hydrogens is 330 g/mol. The smallest absolute Gasteiger partial charge is 0.267 e. The highest BCUT2D eigenvalue weighted by Crippen LogP contribution is 2.19. The van der Waals surface area contributed by atoms with Crippen LogP contribution in [0.25, 0.3) is 0 Å². The summed E-state index contributed by atoms with van der Waals surface area (Å²) in [6.07, 6.45) is 4.90. The molecule has 0 aliphatic carbocycles. The Hall–Kier alpha value is -1.73. The number of hydrogen-bond donors (Lipinski definition) is 1. The van der Waals surface area contributed by atoms with Crippen molar-refractivity contribution in [2.45, 2.75) is 32.1 Å². The number of carbonyl (C=O) groups excluding carboxylic acids is 2. The summed E-state index contributed by atoms with van der Waals surface area (Å²) < 4.78 is 0. The summed E-state index contributed by atoms with van der Waals surface area (Å²) in [6.45, 7) is 1.70. The van der Waals surface area contributed by atoms with Crippen LogP contribution in [-0.2, 0) is 11.2 Å².